The molecule has 7 heteroatoms. The lowest BCUT2D eigenvalue weighted by atomic mass is 9.86. The van der Waals surface area contributed by atoms with E-state index >= 15 is 0 Å². The summed E-state index contributed by atoms with van der Waals surface area (Å²) in [5, 5.41) is 14.8. The molecule has 1 aromatic rings. The minimum atomic E-state index is -0.225. The molecule has 0 aliphatic carbocycles. The van der Waals surface area contributed by atoms with Crippen LogP contribution in [-0.2, 0) is 0 Å². The highest BCUT2D eigenvalue weighted by atomic mass is 32.2. The van der Waals surface area contributed by atoms with Crippen LogP contribution < -0.4 is 11.4 Å². The zero-order valence-corrected chi connectivity index (χ0v) is 13.5. The second-order valence-corrected chi connectivity index (χ2v) is 6.94. The maximum atomic E-state index is 11.6. The van der Waals surface area contributed by atoms with E-state index in [1.54, 1.807) is 16.3 Å². The Bertz CT molecular complexity index is 503. The molecule has 0 atom stereocenters. The minimum Gasteiger partial charge on any atom is -0.387 e. The van der Waals surface area contributed by atoms with Crippen LogP contribution in [0.3, 0.4) is 0 Å². The molecule has 6 nitrogen and oxygen atoms in total. The van der Waals surface area contributed by atoms with Gasteiger partial charge in [0.25, 0.3) is 0 Å². The lowest BCUT2D eigenvalue weighted by molar-refractivity contribution is 0.448. The van der Waals surface area contributed by atoms with Gasteiger partial charge in [-0.2, -0.15) is 0 Å². The summed E-state index contributed by atoms with van der Waals surface area (Å²) in [6.45, 7) is 7.92. The van der Waals surface area contributed by atoms with E-state index in [4.69, 9.17) is 11.1 Å². The van der Waals surface area contributed by atoms with E-state index in [1.807, 2.05) is 27.7 Å². The van der Waals surface area contributed by atoms with Crippen molar-refractivity contribution >= 4 is 17.6 Å². The Kier molecular flexibility index (Phi) is 5.86. The summed E-state index contributed by atoms with van der Waals surface area (Å²) in [7, 11) is 0. The molecular weight excluding hydrogens is 274 g/mol. The molecule has 0 spiro atoms. The van der Waals surface area contributed by atoms with Crippen LogP contribution in [0.15, 0.2) is 9.95 Å². The van der Waals surface area contributed by atoms with E-state index in [-0.39, 0.29) is 23.0 Å². The Labute approximate surface area is 124 Å². The molecule has 0 amide bonds. The highest BCUT2D eigenvalue weighted by molar-refractivity contribution is 7.99. The average Bonchev–Trinajstić information content (AvgIpc) is 2.69. The Morgan fingerprint density at radius 3 is 2.70 bits per heavy atom. The number of rotatable bonds is 8. The molecule has 1 aromatic heterocycles. The number of hydrogen-bond donors (Lipinski definition) is 3. The van der Waals surface area contributed by atoms with Crippen molar-refractivity contribution in [3.8, 4) is 0 Å². The number of nitrogens with one attached hydrogen (secondary N) is 2. The molecule has 0 radical (unpaired) electrons. The predicted octanol–water partition coefficient (Wildman–Crippen LogP) is 2.38. The highest BCUT2D eigenvalue weighted by Gasteiger charge is 2.20. The third kappa shape index (κ3) is 4.40. The monoisotopic (exact) mass is 299 g/mol. The molecule has 1 heterocycles. The summed E-state index contributed by atoms with van der Waals surface area (Å²) >= 11 is 1.59. The quantitative estimate of drug-likeness (QED) is 0.297. The molecule has 0 saturated heterocycles. The van der Waals surface area contributed by atoms with Gasteiger partial charge in [-0.3, -0.25) is 9.98 Å². The molecule has 0 unspecified atom stereocenters. The van der Waals surface area contributed by atoms with Crippen LogP contribution in [0.5, 0.6) is 0 Å². The molecule has 114 valence electrons. The van der Waals surface area contributed by atoms with Crippen molar-refractivity contribution in [1.82, 2.24) is 14.8 Å². The average molecular weight is 299 g/mol. The number of nitrogens with zero attached hydrogens (tertiary/aromatic N) is 2. The molecule has 0 saturated carbocycles. The van der Waals surface area contributed by atoms with Crippen molar-refractivity contribution in [2.45, 2.75) is 58.2 Å². The number of hydrogen-bond acceptors (Lipinski definition) is 4. The number of unbranched alkanes of at least 4 members (excludes halogenated alkanes) is 1. The van der Waals surface area contributed by atoms with Crippen molar-refractivity contribution in [1.29, 1.82) is 5.41 Å². The van der Waals surface area contributed by atoms with Crippen molar-refractivity contribution in [3.63, 3.8) is 0 Å². The first-order valence-electron chi connectivity index (χ1n) is 6.90. The fraction of sp³-hybridized carbons (Fsp3) is 0.769. The molecule has 0 aliphatic rings. The first-order valence-corrected chi connectivity index (χ1v) is 7.88. The van der Waals surface area contributed by atoms with Crippen LogP contribution in [0.1, 0.15) is 53.0 Å². The van der Waals surface area contributed by atoms with Gasteiger partial charge in [-0.15, -0.1) is 5.10 Å². The fourth-order valence-corrected chi connectivity index (χ4v) is 2.89. The SMILES string of the molecule is CC(C)n1c(SCCCCC(C)(C)C(=N)N)n[nH]c1=O. The lowest BCUT2D eigenvalue weighted by Gasteiger charge is -2.22. The molecule has 0 fully saturated rings. The van der Waals surface area contributed by atoms with E-state index in [2.05, 4.69) is 10.2 Å². The van der Waals surface area contributed by atoms with Crippen LogP contribution in [0.25, 0.3) is 0 Å². The van der Waals surface area contributed by atoms with Gasteiger partial charge in [0.2, 0.25) is 0 Å². The number of aromatic amines is 1. The smallest absolute Gasteiger partial charge is 0.344 e. The topological polar surface area (TPSA) is 101 Å². The standard InChI is InChI=1S/C13H25N5OS/c1-9(2)18-11(19)16-17-12(18)20-8-6-5-7-13(3,4)10(14)15/h9H,5-8H2,1-4H3,(H3,14,15)(H,16,19). The Balaban J connectivity index is 2.39. The van der Waals surface area contributed by atoms with E-state index in [9.17, 15) is 4.79 Å². The molecule has 0 aromatic carbocycles. The van der Waals surface area contributed by atoms with Gasteiger partial charge >= 0.3 is 5.69 Å². The minimum absolute atomic E-state index is 0.111. The lowest BCUT2D eigenvalue weighted by Crippen LogP contribution is -2.30. The summed E-state index contributed by atoms with van der Waals surface area (Å²) in [5.41, 5.74) is 5.18. The highest BCUT2D eigenvalue weighted by Crippen LogP contribution is 2.24. The summed E-state index contributed by atoms with van der Waals surface area (Å²) in [5.74, 6) is 1.15. The molecule has 1 rings (SSSR count). The Morgan fingerprint density at radius 1 is 1.50 bits per heavy atom. The number of nitrogens with two attached hydrogens (primary N) is 1. The van der Waals surface area contributed by atoms with Crippen molar-refractivity contribution < 1.29 is 0 Å². The Hall–Kier alpha value is -1.24. The number of H-pyrrole nitrogens is 1. The zero-order valence-electron chi connectivity index (χ0n) is 12.7. The maximum absolute atomic E-state index is 11.6. The molecule has 0 aliphatic heterocycles. The van der Waals surface area contributed by atoms with Gasteiger partial charge in [-0.1, -0.05) is 32.0 Å². The van der Waals surface area contributed by atoms with Gasteiger partial charge in [0.15, 0.2) is 5.16 Å². The van der Waals surface area contributed by atoms with E-state index in [0.717, 1.165) is 30.2 Å². The fourth-order valence-electron chi connectivity index (χ4n) is 1.81. The van der Waals surface area contributed by atoms with E-state index < -0.39 is 0 Å². The second-order valence-electron chi connectivity index (χ2n) is 5.88. The van der Waals surface area contributed by atoms with Gasteiger partial charge in [0.05, 0.1) is 5.84 Å². The van der Waals surface area contributed by atoms with Gasteiger partial charge < -0.3 is 5.73 Å². The van der Waals surface area contributed by atoms with Gasteiger partial charge in [0.1, 0.15) is 0 Å². The molecule has 0 bridgehead atoms. The van der Waals surface area contributed by atoms with Crippen molar-refractivity contribution in [2.75, 3.05) is 5.75 Å². The number of aromatic nitrogens is 3. The predicted molar refractivity (Wildman–Crippen MR) is 83.5 cm³/mol. The van der Waals surface area contributed by atoms with Gasteiger partial charge in [-0.05, 0) is 26.7 Å². The van der Waals surface area contributed by atoms with Crippen LogP contribution in [0, 0.1) is 10.8 Å². The van der Waals surface area contributed by atoms with E-state index in [1.165, 1.54) is 0 Å². The van der Waals surface area contributed by atoms with Crippen LogP contribution in [0.2, 0.25) is 0 Å². The summed E-state index contributed by atoms with van der Waals surface area (Å²) < 4.78 is 1.67. The number of thioether (sulfide) groups is 1. The first-order chi connectivity index (χ1) is 9.25. The number of amidine groups is 1. The third-order valence-electron chi connectivity index (χ3n) is 3.34. The Morgan fingerprint density at radius 2 is 2.15 bits per heavy atom. The first kappa shape index (κ1) is 16.8. The van der Waals surface area contributed by atoms with Crippen LogP contribution in [-0.4, -0.2) is 26.4 Å². The van der Waals surface area contributed by atoms with Gasteiger partial charge in [0, 0.05) is 17.2 Å². The molecule has 20 heavy (non-hydrogen) atoms. The van der Waals surface area contributed by atoms with Crippen molar-refractivity contribution in [3.05, 3.63) is 10.5 Å². The van der Waals surface area contributed by atoms with E-state index in [0.29, 0.717) is 0 Å². The maximum Gasteiger partial charge on any atom is 0.344 e. The second kappa shape index (κ2) is 6.97. The zero-order chi connectivity index (χ0) is 15.3. The molecular formula is C13H25N5OS. The summed E-state index contributed by atoms with van der Waals surface area (Å²) in [6, 6.07) is 0.111. The summed E-state index contributed by atoms with van der Waals surface area (Å²) in [6.07, 6.45) is 2.93. The molecule has 4 N–H and O–H groups in total. The normalized spacial score (nSPS) is 12.1. The van der Waals surface area contributed by atoms with Crippen LogP contribution in [0.4, 0.5) is 0 Å². The largest absolute Gasteiger partial charge is 0.387 e. The summed E-state index contributed by atoms with van der Waals surface area (Å²) in [4.78, 5) is 11.6. The third-order valence-corrected chi connectivity index (χ3v) is 4.38. The van der Waals surface area contributed by atoms with Crippen LogP contribution >= 0.6 is 11.8 Å². The van der Waals surface area contributed by atoms with Crippen molar-refractivity contribution in [2.24, 2.45) is 11.1 Å². The van der Waals surface area contributed by atoms with Gasteiger partial charge in [-0.25, -0.2) is 9.89 Å².